The van der Waals surface area contributed by atoms with Crippen molar-refractivity contribution in [2.75, 3.05) is 6.79 Å². The third-order valence-electron chi connectivity index (χ3n) is 4.82. The van der Waals surface area contributed by atoms with Gasteiger partial charge in [0, 0.05) is 6.54 Å². The molecule has 6 nitrogen and oxygen atoms in total. The highest BCUT2D eigenvalue weighted by Crippen LogP contribution is 2.35. The van der Waals surface area contributed by atoms with Gasteiger partial charge in [-0.1, -0.05) is 17.2 Å². The summed E-state index contributed by atoms with van der Waals surface area (Å²) in [5, 5.41) is 12.3. The van der Waals surface area contributed by atoms with Crippen molar-refractivity contribution in [1.29, 1.82) is 0 Å². The van der Waals surface area contributed by atoms with E-state index < -0.39 is 17.8 Å². The van der Waals surface area contributed by atoms with Crippen LogP contribution in [-0.2, 0) is 16.1 Å². The number of benzene rings is 1. The predicted octanol–water partition coefficient (Wildman–Crippen LogP) is 2.48. The first kappa shape index (κ1) is 16.4. The minimum atomic E-state index is -0.912. The molecule has 1 heterocycles. The summed E-state index contributed by atoms with van der Waals surface area (Å²) in [5.74, 6) is -0.959. The fourth-order valence-corrected chi connectivity index (χ4v) is 3.20. The van der Waals surface area contributed by atoms with Crippen molar-refractivity contribution in [1.82, 2.24) is 5.32 Å². The van der Waals surface area contributed by atoms with E-state index in [1.54, 1.807) is 6.07 Å². The van der Waals surface area contributed by atoms with Crippen molar-refractivity contribution < 1.29 is 24.2 Å². The quantitative estimate of drug-likeness (QED) is 0.828. The number of carbonyl (C=O) groups excluding carboxylic acids is 1. The van der Waals surface area contributed by atoms with E-state index in [9.17, 15) is 14.7 Å². The van der Waals surface area contributed by atoms with Gasteiger partial charge in [0.1, 0.15) is 0 Å². The molecule has 24 heavy (non-hydrogen) atoms. The molecule has 0 spiro atoms. The Morgan fingerprint density at radius 3 is 2.50 bits per heavy atom. The van der Waals surface area contributed by atoms with E-state index in [0.717, 1.165) is 16.7 Å². The van der Waals surface area contributed by atoms with Gasteiger partial charge in [0.2, 0.25) is 12.7 Å². The van der Waals surface area contributed by atoms with Crippen molar-refractivity contribution in [2.24, 2.45) is 11.8 Å². The number of carboxylic acid groups (broad SMARTS) is 1. The SMILES string of the molecule is CC1=C(C)C[C@@H](C(=O)NCc2ccc3c(c2)OCO3)[C@H](C(=O)O)C1. The van der Waals surface area contributed by atoms with Gasteiger partial charge in [-0.05, 0) is 44.4 Å². The topological polar surface area (TPSA) is 84.9 Å². The third-order valence-corrected chi connectivity index (χ3v) is 4.82. The molecule has 0 fully saturated rings. The largest absolute Gasteiger partial charge is 0.481 e. The lowest BCUT2D eigenvalue weighted by atomic mass is 9.76. The molecule has 1 amide bonds. The zero-order chi connectivity index (χ0) is 17.3. The molecule has 1 aromatic carbocycles. The smallest absolute Gasteiger partial charge is 0.307 e. The Kier molecular flexibility index (Phi) is 4.46. The predicted molar refractivity (Wildman–Crippen MR) is 86.6 cm³/mol. The summed E-state index contributed by atoms with van der Waals surface area (Å²) in [7, 11) is 0. The second-order valence-corrected chi connectivity index (χ2v) is 6.43. The number of ether oxygens (including phenoxy) is 2. The van der Waals surface area contributed by atoms with E-state index in [-0.39, 0.29) is 12.7 Å². The van der Waals surface area contributed by atoms with Crippen molar-refractivity contribution in [3.63, 3.8) is 0 Å². The van der Waals surface area contributed by atoms with Crippen LogP contribution in [-0.4, -0.2) is 23.8 Å². The second-order valence-electron chi connectivity index (χ2n) is 6.43. The van der Waals surface area contributed by atoms with E-state index in [1.165, 1.54) is 0 Å². The van der Waals surface area contributed by atoms with Gasteiger partial charge in [-0.2, -0.15) is 0 Å². The standard InChI is InChI=1S/C18H21NO5/c1-10-5-13(14(18(21)22)6-11(10)2)17(20)19-8-12-3-4-15-16(7-12)24-9-23-15/h3-4,7,13-14H,5-6,8-9H2,1-2H3,(H,19,20)(H,21,22)/t13-,14-/m1/s1. The number of hydrogen-bond donors (Lipinski definition) is 2. The van der Waals surface area contributed by atoms with Crippen LogP contribution < -0.4 is 14.8 Å². The second kappa shape index (κ2) is 6.55. The molecular formula is C18H21NO5. The Hall–Kier alpha value is -2.50. The van der Waals surface area contributed by atoms with Gasteiger partial charge >= 0.3 is 5.97 Å². The number of amides is 1. The number of rotatable bonds is 4. The van der Waals surface area contributed by atoms with Crippen LogP contribution in [0.2, 0.25) is 0 Å². The Morgan fingerprint density at radius 1 is 1.12 bits per heavy atom. The van der Waals surface area contributed by atoms with Crippen LogP contribution in [0, 0.1) is 11.8 Å². The summed E-state index contributed by atoms with van der Waals surface area (Å²) in [6, 6.07) is 5.49. The van der Waals surface area contributed by atoms with E-state index >= 15 is 0 Å². The molecule has 0 bridgehead atoms. The van der Waals surface area contributed by atoms with Crippen LogP contribution in [0.4, 0.5) is 0 Å². The van der Waals surface area contributed by atoms with Crippen molar-refractivity contribution in [2.45, 2.75) is 33.2 Å². The molecular weight excluding hydrogens is 310 g/mol. The molecule has 6 heteroatoms. The van der Waals surface area contributed by atoms with Crippen molar-refractivity contribution in [3.05, 3.63) is 34.9 Å². The van der Waals surface area contributed by atoms with Gasteiger partial charge < -0.3 is 19.9 Å². The maximum atomic E-state index is 12.5. The molecule has 2 aliphatic rings. The number of carbonyl (C=O) groups is 2. The lowest BCUT2D eigenvalue weighted by Gasteiger charge is -2.29. The third kappa shape index (κ3) is 3.22. The zero-order valence-corrected chi connectivity index (χ0v) is 13.8. The Bertz CT molecular complexity index is 709. The molecule has 0 radical (unpaired) electrons. The summed E-state index contributed by atoms with van der Waals surface area (Å²) >= 11 is 0. The molecule has 0 unspecified atom stereocenters. The maximum Gasteiger partial charge on any atom is 0.307 e. The molecule has 1 aromatic rings. The molecule has 2 atom stereocenters. The number of aliphatic carboxylic acids is 1. The van der Waals surface area contributed by atoms with Gasteiger partial charge in [-0.3, -0.25) is 9.59 Å². The highest BCUT2D eigenvalue weighted by molar-refractivity contribution is 5.85. The highest BCUT2D eigenvalue weighted by Gasteiger charge is 2.37. The Morgan fingerprint density at radius 2 is 1.79 bits per heavy atom. The van der Waals surface area contributed by atoms with Gasteiger partial charge in [0.05, 0.1) is 11.8 Å². The minimum Gasteiger partial charge on any atom is -0.481 e. The van der Waals surface area contributed by atoms with Crippen molar-refractivity contribution in [3.8, 4) is 11.5 Å². The summed E-state index contributed by atoms with van der Waals surface area (Å²) in [6.07, 6.45) is 0.930. The number of fused-ring (bicyclic) bond motifs is 1. The number of allylic oxidation sites excluding steroid dienone is 2. The lowest BCUT2D eigenvalue weighted by Crippen LogP contribution is -2.39. The molecule has 128 valence electrons. The van der Waals surface area contributed by atoms with Crippen LogP contribution in [0.1, 0.15) is 32.3 Å². The number of nitrogens with one attached hydrogen (secondary N) is 1. The first-order valence-electron chi connectivity index (χ1n) is 8.00. The maximum absolute atomic E-state index is 12.5. The van der Waals surface area contributed by atoms with E-state index in [1.807, 2.05) is 26.0 Å². The fraction of sp³-hybridized carbons (Fsp3) is 0.444. The molecule has 1 aliphatic carbocycles. The number of hydrogen-bond acceptors (Lipinski definition) is 4. The van der Waals surface area contributed by atoms with E-state index in [0.29, 0.717) is 30.9 Å². The molecule has 0 saturated heterocycles. The summed E-state index contributed by atoms with van der Waals surface area (Å²) in [6.45, 7) is 4.44. The van der Waals surface area contributed by atoms with Crippen LogP contribution >= 0.6 is 0 Å². The van der Waals surface area contributed by atoms with Crippen molar-refractivity contribution >= 4 is 11.9 Å². The summed E-state index contributed by atoms with van der Waals surface area (Å²) < 4.78 is 10.6. The van der Waals surface area contributed by atoms with Crippen LogP contribution in [0.25, 0.3) is 0 Å². The summed E-state index contributed by atoms with van der Waals surface area (Å²) in [5.41, 5.74) is 3.07. The Balaban J connectivity index is 1.66. The average Bonchev–Trinajstić information content (AvgIpc) is 3.02. The first-order chi connectivity index (χ1) is 11.5. The highest BCUT2D eigenvalue weighted by atomic mass is 16.7. The molecule has 1 aliphatic heterocycles. The van der Waals surface area contributed by atoms with Crippen LogP contribution in [0.5, 0.6) is 11.5 Å². The summed E-state index contributed by atoms with van der Waals surface area (Å²) in [4.78, 5) is 24.0. The fourth-order valence-electron chi connectivity index (χ4n) is 3.20. The van der Waals surface area contributed by atoms with Gasteiger partial charge in [0.15, 0.2) is 11.5 Å². The Labute approximate surface area is 140 Å². The van der Waals surface area contributed by atoms with E-state index in [2.05, 4.69) is 5.32 Å². The minimum absolute atomic E-state index is 0.207. The lowest BCUT2D eigenvalue weighted by molar-refractivity contribution is -0.147. The monoisotopic (exact) mass is 331 g/mol. The van der Waals surface area contributed by atoms with Gasteiger partial charge in [-0.25, -0.2) is 0 Å². The normalized spacial score (nSPS) is 22.4. The molecule has 0 saturated carbocycles. The van der Waals surface area contributed by atoms with Gasteiger partial charge in [0.25, 0.3) is 0 Å². The number of carboxylic acids is 1. The van der Waals surface area contributed by atoms with Crippen LogP contribution in [0.3, 0.4) is 0 Å². The first-order valence-corrected chi connectivity index (χ1v) is 8.00. The molecule has 0 aromatic heterocycles. The molecule has 2 N–H and O–H groups in total. The average molecular weight is 331 g/mol. The van der Waals surface area contributed by atoms with Gasteiger partial charge in [-0.15, -0.1) is 0 Å². The zero-order valence-electron chi connectivity index (χ0n) is 13.8. The van der Waals surface area contributed by atoms with E-state index in [4.69, 9.17) is 9.47 Å². The van der Waals surface area contributed by atoms with Crippen LogP contribution in [0.15, 0.2) is 29.3 Å². The molecule has 3 rings (SSSR count).